The number of aryl methyl sites for hydroxylation is 1. The third-order valence-electron chi connectivity index (χ3n) is 3.19. The van der Waals surface area contributed by atoms with Gasteiger partial charge in [0, 0.05) is 7.11 Å². The first kappa shape index (κ1) is 15.9. The molecule has 0 radical (unpaired) electrons. The molecule has 0 fully saturated rings. The Morgan fingerprint density at radius 3 is 2.81 bits per heavy atom. The number of rotatable bonds is 5. The molecule has 4 nitrogen and oxygen atoms in total. The number of halogens is 3. The smallest absolute Gasteiger partial charge is 0.135 e. The molecule has 114 valence electrons. The van der Waals surface area contributed by atoms with Crippen molar-refractivity contribution in [2.45, 2.75) is 19.6 Å². The van der Waals surface area contributed by atoms with Crippen molar-refractivity contribution in [1.82, 2.24) is 9.78 Å². The molecule has 1 aromatic heterocycles. The van der Waals surface area contributed by atoms with Crippen LogP contribution in [0.25, 0.3) is 0 Å². The second-order valence-electron chi connectivity index (χ2n) is 4.59. The zero-order chi connectivity index (χ0) is 15.6. The maximum absolute atomic E-state index is 14.1. The van der Waals surface area contributed by atoms with Gasteiger partial charge in [0.05, 0.1) is 35.6 Å². The molecule has 0 saturated heterocycles. The van der Waals surface area contributed by atoms with Crippen molar-refractivity contribution in [1.29, 1.82) is 0 Å². The van der Waals surface area contributed by atoms with Gasteiger partial charge in [-0.05, 0) is 18.6 Å². The van der Waals surface area contributed by atoms with Crippen molar-refractivity contribution in [2.75, 3.05) is 13.7 Å². The van der Waals surface area contributed by atoms with E-state index in [4.69, 9.17) is 16.3 Å². The Morgan fingerprint density at radius 2 is 2.14 bits per heavy atom. The lowest BCUT2D eigenvalue weighted by Crippen LogP contribution is -2.16. The van der Waals surface area contributed by atoms with Crippen LogP contribution in [-0.4, -0.2) is 28.6 Å². The molecule has 0 spiro atoms. The summed E-state index contributed by atoms with van der Waals surface area (Å²) in [4.78, 5) is 0. The van der Waals surface area contributed by atoms with Crippen LogP contribution in [0.4, 0.5) is 8.78 Å². The van der Waals surface area contributed by atoms with Gasteiger partial charge >= 0.3 is 0 Å². The van der Waals surface area contributed by atoms with Gasteiger partial charge in [-0.25, -0.2) is 8.78 Å². The van der Waals surface area contributed by atoms with E-state index >= 15 is 0 Å². The lowest BCUT2D eigenvalue weighted by Gasteiger charge is -2.16. The van der Waals surface area contributed by atoms with Crippen LogP contribution in [0.2, 0.25) is 5.02 Å². The number of aromatic nitrogens is 2. The average molecular weight is 317 g/mol. The molecule has 7 heteroatoms. The fourth-order valence-electron chi connectivity index (χ4n) is 2.07. The molecule has 1 aromatic carbocycles. The Kier molecular flexibility index (Phi) is 4.92. The van der Waals surface area contributed by atoms with Gasteiger partial charge in [-0.1, -0.05) is 17.7 Å². The van der Waals surface area contributed by atoms with Crippen LogP contribution in [0, 0.1) is 18.6 Å². The third kappa shape index (κ3) is 3.07. The van der Waals surface area contributed by atoms with Crippen LogP contribution in [0.1, 0.15) is 22.9 Å². The topological polar surface area (TPSA) is 47.3 Å². The van der Waals surface area contributed by atoms with E-state index in [1.165, 1.54) is 31.0 Å². The largest absolute Gasteiger partial charge is 0.383 e. The first-order valence-electron chi connectivity index (χ1n) is 6.30. The predicted molar refractivity (Wildman–Crippen MR) is 74.3 cm³/mol. The molecule has 0 bridgehead atoms. The molecule has 0 saturated carbocycles. The second kappa shape index (κ2) is 6.51. The van der Waals surface area contributed by atoms with Crippen LogP contribution in [0.5, 0.6) is 0 Å². The number of nitrogens with zero attached hydrogens (tertiary/aromatic N) is 2. The summed E-state index contributed by atoms with van der Waals surface area (Å²) in [6.45, 7) is 2.13. The zero-order valence-corrected chi connectivity index (χ0v) is 12.4. The van der Waals surface area contributed by atoms with Crippen LogP contribution in [0.15, 0.2) is 18.3 Å². The zero-order valence-electron chi connectivity index (χ0n) is 11.6. The van der Waals surface area contributed by atoms with E-state index in [2.05, 4.69) is 5.10 Å². The molecule has 1 atom stereocenters. The Morgan fingerprint density at radius 1 is 1.43 bits per heavy atom. The predicted octanol–water partition coefficient (Wildman–Crippen LogP) is 2.85. The summed E-state index contributed by atoms with van der Waals surface area (Å²) in [6, 6.07) is 2.42. The quantitative estimate of drug-likeness (QED) is 0.922. The molecule has 0 aliphatic heterocycles. The number of methoxy groups -OCH3 is 1. The Bertz CT molecular complexity index is 646. The molecule has 1 heterocycles. The molecule has 0 aliphatic carbocycles. The van der Waals surface area contributed by atoms with Gasteiger partial charge in [0.15, 0.2) is 0 Å². The number of ether oxygens (including phenoxy) is 1. The van der Waals surface area contributed by atoms with Crippen LogP contribution >= 0.6 is 11.6 Å². The van der Waals surface area contributed by atoms with Gasteiger partial charge < -0.3 is 9.84 Å². The van der Waals surface area contributed by atoms with Crippen molar-refractivity contribution in [3.8, 4) is 0 Å². The molecular weight excluding hydrogens is 302 g/mol. The van der Waals surface area contributed by atoms with E-state index in [1.54, 1.807) is 0 Å². The molecule has 21 heavy (non-hydrogen) atoms. The van der Waals surface area contributed by atoms with E-state index in [1.807, 2.05) is 0 Å². The minimum absolute atomic E-state index is 0.136. The van der Waals surface area contributed by atoms with Gasteiger partial charge in [0.25, 0.3) is 0 Å². The van der Waals surface area contributed by atoms with Gasteiger partial charge in [-0.3, -0.25) is 4.68 Å². The summed E-state index contributed by atoms with van der Waals surface area (Å²) in [5.74, 6) is -1.63. The number of hydrogen-bond donors (Lipinski definition) is 1. The summed E-state index contributed by atoms with van der Waals surface area (Å²) < 4.78 is 34.3. The minimum atomic E-state index is -1.54. The molecule has 1 N–H and O–H groups in total. The normalized spacial score (nSPS) is 12.7. The maximum Gasteiger partial charge on any atom is 0.135 e. The van der Waals surface area contributed by atoms with E-state index in [9.17, 15) is 13.9 Å². The fourth-order valence-corrected chi connectivity index (χ4v) is 2.31. The number of hydrogen-bond acceptors (Lipinski definition) is 3. The van der Waals surface area contributed by atoms with E-state index < -0.39 is 23.3 Å². The monoisotopic (exact) mass is 316 g/mol. The van der Waals surface area contributed by atoms with Crippen LogP contribution < -0.4 is 0 Å². The molecular formula is C14H15ClF2N2O2. The fraction of sp³-hybridized carbons (Fsp3) is 0.357. The maximum atomic E-state index is 14.1. The van der Waals surface area contributed by atoms with E-state index in [-0.39, 0.29) is 16.3 Å². The first-order chi connectivity index (χ1) is 9.97. The molecule has 0 amide bonds. The van der Waals surface area contributed by atoms with Crippen LogP contribution in [0.3, 0.4) is 0 Å². The summed E-state index contributed by atoms with van der Waals surface area (Å²) in [5.41, 5.74) is -0.0577. The van der Waals surface area contributed by atoms with Crippen molar-refractivity contribution < 1.29 is 18.6 Å². The Hall–Kier alpha value is -1.50. The average Bonchev–Trinajstić information content (AvgIpc) is 2.82. The SMILES string of the molecule is COCCn1ncc(Cl)c1C(O)c1c(F)ccc(C)c1F. The highest BCUT2D eigenvalue weighted by Gasteiger charge is 2.26. The van der Waals surface area contributed by atoms with Crippen molar-refractivity contribution in [3.63, 3.8) is 0 Å². The van der Waals surface area contributed by atoms with Crippen molar-refractivity contribution >= 4 is 11.6 Å². The lowest BCUT2D eigenvalue weighted by molar-refractivity contribution is 0.168. The van der Waals surface area contributed by atoms with Crippen LogP contribution in [-0.2, 0) is 11.3 Å². The highest BCUT2D eigenvalue weighted by molar-refractivity contribution is 6.31. The highest BCUT2D eigenvalue weighted by Crippen LogP contribution is 2.32. The van der Waals surface area contributed by atoms with Gasteiger partial charge in [-0.15, -0.1) is 0 Å². The Balaban J connectivity index is 2.48. The number of aliphatic hydroxyl groups is 1. The second-order valence-corrected chi connectivity index (χ2v) is 5.00. The first-order valence-corrected chi connectivity index (χ1v) is 6.67. The summed E-state index contributed by atoms with van der Waals surface area (Å²) in [6.07, 6.45) is -0.224. The van der Waals surface area contributed by atoms with E-state index in [0.717, 1.165) is 6.07 Å². The summed E-state index contributed by atoms with van der Waals surface area (Å²) in [5, 5.41) is 14.5. The van der Waals surface area contributed by atoms with Crippen molar-refractivity contribution in [3.05, 3.63) is 51.8 Å². The molecule has 0 aliphatic rings. The number of aliphatic hydroxyl groups excluding tert-OH is 1. The van der Waals surface area contributed by atoms with Crippen molar-refractivity contribution in [2.24, 2.45) is 0 Å². The standard InChI is InChI=1S/C14H15ClF2N2O2/c1-8-3-4-10(16)11(12(8)17)14(20)13-9(15)7-18-19(13)5-6-21-2/h3-4,7,14,20H,5-6H2,1-2H3. The number of benzene rings is 1. The molecule has 2 rings (SSSR count). The van der Waals surface area contributed by atoms with Gasteiger partial charge in [-0.2, -0.15) is 5.10 Å². The van der Waals surface area contributed by atoms with Gasteiger partial charge in [0.2, 0.25) is 0 Å². The molecule has 2 aromatic rings. The highest BCUT2D eigenvalue weighted by atomic mass is 35.5. The molecule has 1 unspecified atom stereocenters. The Labute approximate surface area is 125 Å². The lowest BCUT2D eigenvalue weighted by atomic mass is 10.0. The summed E-state index contributed by atoms with van der Waals surface area (Å²) >= 11 is 5.98. The third-order valence-corrected chi connectivity index (χ3v) is 3.48. The minimum Gasteiger partial charge on any atom is -0.383 e. The summed E-state index contributed by atoms with van der Waals surface area (Å²) in [7, 11) is 1.51. The van der Waals surface area contributed by atoms with Gasteiger partial charge in [0.1, 0.15) is 17.7 Å². The van der Waals surface area contributed by atoms with E-state index in [0.29, 0.717) is 13.2 Å².